The maximum Gasteiger partial charge on any atom is 0.271 e. The number of hydrogen-bond donors (Lipinski definition) is 2. The van der Waals surface area contributed by atoms with Crippen LogP contribution in [0.15, 0.2) is 12.3 Å². The molecule has 0 spiro atoms. The molecular formula is C16H19ClN2O3. The number of aliphatic hydroxyl groups excluding tert-OH is 2. The molecule has 8 unspecified atom stereocenters. The summed E-state index contributed by atoms with van der Waals surface area (Å²) in [5, 5.41) is 21.8. The van der Waals surface area contributed by atoms with Gasteiger partial charge in [-0.15, -0.1) is 0 Å². The first kappa shape index (κ1) is 13.4. The molecule has 2 heterocycles. The lowest BCUT2D eigenvalue weighted by atomic mass is 9.75. The van der Waals surface area contributed by atoms with Gasteiger partial charge in [-0.25, -0.2) is 0 Å². The molecule has 0 aromatic carbocycles. The van der Waals surface area contributed by atoms with Crippen LogP contribution in [-0.4, -0.2) is 49.9 Å². The van der Waals surface area contributed by atoms with Crippen molar-refractivity contribution < 1.29 is 15.0 Å². The number of rotatable bonds is 1. The molecule has 3 saturated carbocycles. The van der Waals surface area contributed by atoms with E-state index in [1.165, 1.54) is 0 Å². The summed E-state index contributed by atoms with van der Waals surface area (Å²) in [7, 11) is 1.80. The minimum Gasteiger partial charge on any atom is -0.391 e. The third-order valence-corrected chi connectivity index (χ3v) is 6.92. The Morgan fingerprint density at radius 2 is 2.00 bits per heavy atom. The summed E-state index contributed by atoms with van der Waals surface area (Å²) >= 11 is 6.01. The van der Waals surface area contributed by atoms with Crippen molar-refractivity contribution >= 4 is 17.5 Å². The number of carbonyl (C=O) groups is 1. The van der Waals surface area contributed by atoms with Crippen LogP contribution in [0.3, 0.4) is 0 Å². The molecule has 4 bridgehead atoms. The van der Waals surface area contributed by atoms with Crippen molar-refractivity contribution in [2.45, 2.75) is 37.1 Å². The molecule has 1 aliphatic heterocycles. The van der Waals surface area contributed by atoms with E-state index in [0.717, 1.165) is 12.8 Å². The number of nitrogens with zero attached hydrogens (tertiary/aromatic N) is 2. The Hall–Kier alpha value is -1.04. The van der Waals surface area contributed by atoms with Gasteiger partial charge < -0.3 is 19.7 Å². The average molecular weight is 323 g/mol. The Morgan fingerprint density at radius 1 is 1.23 bits per heavy atom. The number of halogens is 1. The first-order chi connectivity index (χ1) is 10.5. The van der Waals surface area contributed by atoms with Crippen LogP contribution >= 0.6 is 11.6 Å². The van der Waals surface area contributed by atoms with Gasteiger partial charge in [-0.1, -0.05) is 11.6 Å². The Morgan fingerprint density at radius 3 is 2.68 bits per heavy atom. The molecule has 1 saturated heterocycles. The maximum absolute atomic E-state index is 13.1. The van der Waals surface area contributed by atoms with Crippen molar-refractivity contribution in [2.24, 2.45) is 30.7 Å². The van der Waals surface area contributed by atoms with Gasteiger partial charge >= 0.3 is 0 Å². The lowest BCUT2D eigenvalue weighted by Gasteiger charge is -2.48. The van der Waals surface area contributed by atoms with E-state index in [0.29, 0.717) is 16.6 Å². The monoisotopic (exact) mass is 322 g/mol. The molecule has 5 rings (SSSR count). The van der Waals surface area contributed by atoms with Gasteiger partial charge in [-0.2, -0.15) is 0 Å². The molecule has 22 heavy (non-hydrogen) atoms. The van der Waals surface area contributed by atoms with Crippen LogP contribution in [0.1, 0.15) is 23.3 Å². The van der Waals surface area contributed by atoms with Gasteiger partial charge in [0.25, 0.3) is 5.91 Å². The predicted octanol–water partition coefficient (Wildman–Crippen LogP) is 0.879. The van der Waals surface area contributed by atoms with Gasteiger partial charge in [0.1, 0.15) is 5.69 Å². The minimum absolute atomic E-state index is 0.117. The maximum atomic E-state index is 13.1. The minimum atomic E-state index is -0.441. The molecule has 118 valence electrons. The lowest BCUT2D eigenvalue weighted by Crippen LogP contribution is -2.62. The quantitative estimate of drug-likeness (QED) is 0.806. The van der Waals surface area contributed by atoms with Crippen LogP contribution in [-0.2, 0) is 7.05 Å². The summed E-state index contributed by atoms with van der Waals surface area (Å²) < 4.78 is 1.72. The topological polar surface area (TPSA) is 65.7 Å². The van der Waals surface area contributed by atoms with Gasteiger partial charge in [-0.05, 0) is 42.6 Å². The number of amides is 1. The summed E-state index contributed by atoms with van der Waals surface area (Å²) in [6.45, 7) is 0. The third-order valence-electron chi connectivity index (χ3n) is 6.72. The van der Waals surface area contributed by atoms with Crippen molar-refractivity contribution in [2.75, 3.05) is 0 Å². The summed E-state index contributed by atoms with van der Waals surface area (Å²) in [4.78, 5) is 14.9. The van der Waals surface area contributed by atoms with E-state index in [1.807, 2.05) is 0 Å². The van der Waals surface area contributed by atoms with Gasteiger partial charge in [0.2, 0.25) is 0 Å². The second kappa shape index (κ2) is 4.08. The van der Waals surface area contributed by atoms with Crippen molar-refractivity contribution in [3.8, 4) is 0 Å². The number of aromatic nitrogens is 1. The van der Waals surface area contributed by atoms with Crippen LogP contribution in [0.4, 0.5) is 0 Å². The van der Waals surface area contributed by atoms with Crippen molar-refractivity contribution in [3.63, 3.8) is 0 Å². The summed E-state index contributed by atoms with van der Waals surface area (Å²) in [6, 6.07) is 1.38. The first-order valence-corrected chi connectivity index (χ1v) is 8.37. The van der Waals surface area contributed by atoms with E-state index in [4.69, 9.17) is 11.6 Å². The van der Waals surface area contributed by atoms with E-state index in [1.54, 1.807) is 28.8 Å². The molecule has 3 aliphatic carbocycles. The van der Waals surface area contributed by atoms with Gasteiger partial charge in [0, 0.05) is 13.2 Å². The fourth-order valence-electron chi connectivity index (χ4n) is 6.05. The third kappa shape index (κ3) is 1.36. The van der Waals surface area contributed by atoms with E-state index < -0.39 is 12.2 Å². The average Bonchev–Trinajstić information content (AvgIpc) is 3.11. The summed E-state index contributed by atoms with van der Waals surface area (Å²) in [6.07, 6.45) is 2.60. The highest BCUT2D eigenvalue weighted by atomic mass is 35.5. The Bertz CT molecular complexity index is 674. The highest BCUT2D eigenvalue weighted by Gasteiger charge is 2.70. The lowest BCUT2D eigenvalue weighted by molar-refractivity contribution is -0.0838. The van der Waals surface area contributed by atoms with Crippen LogP contribution in [0, 0.1) is 23.7 Å². The number of aryl methyl sites for hydroxylation is 1. The molecule has 1 amide bonds. The SMILES string of the molecule is Cn1cc(Cl)cc1C(=O)N1C2CC3C4CC(C3C2O)C1C4O. The molecule has 1 aromatic heterocycles. The van der Waals surface area contributed by atoms with Crippen LogP contribution < -0.4 is 0 Å². The molecule has 1 aromatic rings. The molecule has 4 aliphatic rings. The Kier molecular flexibility index (Phi) is 2.48. The first-order valence-electron chi connectivity index (χ1n) is 7.99. The molecule has 8 atom stereocenters. The van der Waals surface area contributed by atoms with E-state index in [9.17, 15) is 15.0 Å². The summed E-state index contributed by atoms with van der Waals surface area (Å²) in [5.41, 5.74) is 0.524. The number of piperidine rings is 1. The number of carbonyl (C=O) groups excluding carboxylic acids is 1. The smallest absolute Gasteiger partial charge is 0.271 e. The molecule has 0 radical (unpaired) electrons. The highest BCUT2D eigenvalue weighted by molar-refractivity contribution is 6.31. The predicted molar refractivity (Wildman–Crippen MR) is 79.4 cm³/mol. The second-order valence-corrected chi connectivity index (χ2v) is 7.88. The van der Waals surface area contributed by atoms with Crippen molar-refractivity contribution in [3.05, 3.63) is 23.0 Å². The van der Waals surface area contributed by atoms with Crippen LogP contribution in [0.2, 0.25) is 5.02 Å². The molecular weight excluding hydrogens is 304 g/mol. The zero-order chi connectivity index (χ0) is 15.3. The van der Waals surface area contributed by atoms with E-state index in [2.05, 4.69) is 0 Å². The molecule has 2 N–H and O–H groups in total. The number of likely N-dealkylation sites (tertiary alicyclic amines) is 1. The van der Waals surface area contributed by atoms with Crippen molar-refractivity contribution in [1.82, 2.24) is 9.47 Å². The second-order valence-electron chi connectivity index (χ2n) is 7.45. The molecule has 6 heteroatoms. The fraction of sp³-hybridized carbons (Fsp3) is 0.688. The van der Waals surface area contributed by atoms with E-state index >= 15 is 0 Å². The van der Waals surface area contributed by atoms with Crippen LogP contribution in [0.5, 0.6) is 0 Å². The molecule has 4 fully saturated rings. The highest BCUT2D eigenvalue weighted by Crippen LogP contribution is 2.64. The van der Waals surface area contributed by atoms with E-state index in [-0.39, 0.29) is 35.7 Å². The zero-order valence-electron chi connectivity index (χ0n) is 12.3. The largest absolute Gasteiger partial charge is 0.391 e. The molecule has 5 nitrogen and oxygen atoms in total. The number of hydrogen-bond acceptors (Lipinski definition) is 3. The number of fused-ring (bicyclic) bond motifs is 3. The number of aliphatic hydroxyl groups is 2. The Labute approximate surface area is 133 Å². The van der Waals surface area contributed by atoms with Gasteiger partial charge in [-0.3, -0.25) is 4.79 Å². The fourth-order valence-corrected chi connectivity index (χ4v) is 6.30. The zero-order valence-corrected chi connectivity index (χ0v) is 13.0. The van der Waals surface area contributed by atoms with Crippen LogP contribution in [0.25, 0.3) is 0 Å². The normalized spacial score (nSPS) is 47.7. The van der Waals surface area contributed by atoms with Crippen molar-refractivity contribution in [1.29, 1.82) is 0 Å². The summed E-state index contributed by atoms with van der Waals surface area (Å²) in [5.74, 6) is 1.05. The Balaban J connectivity index is 1.60. The standard InChI is InChI=1S/C16H19ClN2O3/c1-18-5-6(17)2-11(18)16(22)19-10-4-7-8-3-9(12(7)15(10)21)13(19)14(8)20/h2,5,7-10,12-15,20-21H,3-4H2,1H3. The van der Waals surface area contributed by atoms with Gasteiger partial charge in [0.15, 0.2) is 0 Å². The van der Waals surface area contributed by atoms with Gasteiger partial charge in [0.05, 0.1) is 29.3 Å².